The Balaban J connectivity index is 2.18. The fourth-order valence-electron chi connectivity index (χ4n) is 1.24. The lowest BCUT2D eigenvalue weighted by molar-refractivity contribution is 0.117. The van der Waals surface area contributed by atoms with Crippen LogP contribution in [0.25, 0.3) is 0 Å². The van der Waals surface area contributed by atoms with E-state index in [1.165, 1.54) is 0 Å². The summed E-state index contributed by atoms with van der Waals surface area (Å²) in [6.45, 7) is 0. The van der Waals surface area contributed by atoms with Crippen LogP contribution >= 0.6 is 0 Å². The lowest BCUT2D eigenvalue weighted by Gasteiger charge is -2.24. The maximum atomic E-state index is 9.05. The van der Waals surface area contributed by atoms with Gasteiger partial charge in [-0.2, -0.15) is 0 Å². The van der Waals surface area contributed by atoms with Crippen LogP contribution < -0.4 is 11.3 Å². The van der Waals surface area contributed by atoms with Crippen molar-refractivity contribution in [3.05, 3.63) is 0 Å². The zero-order valence-electron chi connectivity index (χ0n) is 5.51. The van der Waals surface area contributed by atoms with Crippen molar-refractivity contribution < 1.29 is 5.11 Å². The molecule has 0 bridgehead atoms. The van der Waals surface area contributed by atoms with Gasteiger partial charge in [-0.1, -0.05) is 0 Å². The summed E-state index contributed by atoms with van der Waals surface area (Å²) >= 11 is 0. The van der Waals surface area contributed by atoms with Crippen LogP contribution in [-0.4, -0.2) is 17.3 Å². The van der Waals surface area contributed by atoms with Crippen LogP contribution in [0.5, 0.6) is 0 Å². The molecular formula is C6H14N2O. The minimum atomic E-state index is -0.0744. The molecule has 0 atom stereocenters. The Morgan fingerprint density at radius 3 is 2.22 bits per heavy atom. The summed E-state index contributed by atoms with van der Waals surface area (Å²) in [5.41, 5.74) is 2.71. The van der Waals surface area contributed by atoms with Crippen LogP contribution in [-0.2, 0) is 0 Å². The summed E-state index contributed by atoms with van der Waals surface area (Å²) in [4.78, 5) is 0. The summed E-state index contributed by atoms with van der Waals surface area (Å²) < 4.78 is 0. The lowest BCUT2D eigenvalue weighted by Crippen LogP contribution is -2.38. The van der Waals surface area contributed by atoms with E-state index in [0.29, 0.717) is 6.04 Å². The molecule has 1 aliphatic carbocycles. The van der Waals surface area contributed by atoms with Crippen molar-refractivity contribution in [2.24, 2.45) is 5.84 Å². The van der Waals surface area contributed by atoms with E-state index in [2.05, 4.69) is 5.43 Å². The quantitative estimate of drug-likeness (QED) is 0.339. The first-order valence-electron chi connectivity index (χ1n) is 3.47. The summed E-state index contributed by atoms with van der Waals surface area (Å²) in [5, 5.41) is 9.05. The molecule has 0 saturated heterocycles. The molecule has 0 aliphatic heterocycles. The average molecular weight is 130 g/mol. The van der Waals surface area contributed by atoms with E-state index in [9.17, 15) is 0 Å². The molecule has 0 amide bonds. The number of nitrogens with one attached hydrogen (secondary N) is 1. The van der Waals surface area contributed by atoms with Crippen molar-refractivity contribution >= 4 is 0 Å². The first kappa shape index (κ1) is 6.99. The van der Waals surface area contributed by atoms with Gasteiger partial charge in [-0.25, -0.2) is 0 Å². The zero-order valence-corrected chi connectivity index (χ0v) is 5.51. The molecule has 1 rings (SSSR count). The summed E-state index contributed by atoms with van der Waals surface area (Å²) in [5.74, 6) is 5.22. The van der Waals surface area contributed by atoms with E-state index in [1.807, 2.05) is 0 Å². The van der Waals surface area contributed by atoms with Crippen molar-refractivity contribution in [2.45, 2.75) is 37.8 Å². The minimum absolute atomic E-state index is 0.0744. The van der Waals surface area contributed by atoms with Gasteiger partial charge in [-0.15, -0.1) is 0 Å². The van der Waals surface area contributed by atoms with Crippen LogP contribution in [0.3, 0.4) is 0 Å². The first-order chi connectivity index (χ1) is 4.33. The van der Waals surface area contributed by atoms with E-state index in [1.54, 1.807) is 0 Å². The maximum absolute atomic E-state index is 9.05. The van der Waals surface area contributed by atoms with E-state index < -0.39 is 0 Å². The zero-order chi connectivity index (χ0) is 6.69. The molecule has 1 saturated carbocycles. The van der Waals surface area contributed by atoms with Crippen LogP contribution in [0.15, 0.2) is 0 Å². The smallest absolute Gasteiger partial charge is 0.0541 e. The predicted octanol–water partition coefficient (Wildman–Crippen LogP) is -0.247. The fraction of sp³-hybridized carbons (Fsp3) is 1.00. The summed E-state index contributed by atoms with van der Waals surface area (Å²) in [7, 11) is 0. The number of nitrogens with two attached hydrogens (primary N) is 1. The standard InChI is InChI=1S/C6H14N2O/c7-8-5-1-3-6(9)4-2-5/h5-6,8-9H,1-4,7H2/t5-,6-. The summed E-state index contributed by atoms with van der Waals surface area (Å²) in [6.07, 6.45) is 3.74. The van der Waals surface area contributed by atoms with Crippen LogP contribution in [0.2, 0.25) is 0 Å². The monoisotopic (exact) mass is 130 g/mol. The molecule has 9 heavy (non-hydrogen) atoms. The van der Waals surface area contributed by atoms with E-state index >= 15 is 0 Å². The SMILES string of the molecule is NN[C@H]1CC[C@H](O)CC1. The Bertz CT molecular complexity index is 79.1. The van der Waals surface area contributed by atoms with E-state index in [-0.39, 0.29) is 6.10 Å². The molecule has 1 aliphatic rings. The van der Waals surface area contributed by atoms with Gasteiger partial charge in [0.25, 0.3) is 0 Å². The highest BCUT2D eigenvalue weighted by atomic mass is 16.3. The second-order valence-electron chi connectivity index (χ2n) is 2.67. The number of aliphatic hydroxyl groups excluding tert-OH is 1. The van der Waals surface area contributed by atoms with E-state index in [4.69, 9.17) is 10.9 Å². The molecule has 0 radical (unpaired) electrons. The Morgan fingerprint density at radius 1 is 1.22 bits per heavy atom. The highest BCUT2D eigenvalue weighted by molar-refractivity contribution is 4.74. The molecule has 1 fully saturated rings. The van der Waals surface area contributed by atoms with Gasteiger partial charge in [0, 0.05) is 6.04 Å². The Kier molecular flexibility index (Phi) is 2.45. The molecule has 3 nitrogen and oxygen atoms in total. The molecule has 0 spiro atoms. The number of hydrazine groups is 1. The molecule has 0 aromatic heterocycles. The average Bonchev–Trinajstić information content (AvgIpc) is 1.90. The summed E-state index contributed by atoms with van der Waals surface area (Å²) in [6, 6.07) is 0.438. The van der Waals surface area contributed by atoms with Gasteiger partial charge in [0.15, 0.2) is 0 Å². The molecule has 4 N–H and O–H groups in total. The van der Waals surface area contributed by atoms with Gasteiger partial charge >= 0.3 is 0 Å². The molecular weight excluding hydrogens is 116 g/mol. The molecule has 0 aromatic rings. The number of hydrogen-bond donors (Lipinski definition) is 3. The minimum Gasteiger partial charge on any atom is -0.393 e. The van der Waals surface area contributed by atoms with Gasteiger partial charge in [-0.3, -0.25) is 11.3 Å². The van der Waals surface area contributed by atoms with Gasteiger partial charge in [-0.05, 0) is 25.7 Å². The highest BCUT2D eigenvalue weighted by Gasteiger charge is 2.17. The normalized spacial score (nSPS) is 36.7. The molecule has 0 heterocycles. The second kappa shape index (κ2) is 3.15. The van der Waals surface area contributed by atoms with Crippen LogP contribution in [0, 0.1) is 0 Å². The second-order valence-corrected chi connectivity index (χ2v) is 2.67. The number of rotatable bonds is 1. The molecule has 0 aromatic carbocycles. The molecule has 0 unspecified atom stereocenters. The first-order valence-corrected chi connectivity index (χ1v) is 3.47. The lowest BCUT2D eigenvalue weighted by atomic mass is 9.94. The van der Waals surface area contributed by atoms with Gasteiger partial charge in [0.1, 0.15) is 0 Å². The Labute approximate surface area is 55.2 Å². The van der Waals surface area contributed by atoms with Crippen molar-refractivity contribution in [3.63, 3.8) is 0 Å². The topological polar surface area (TPSA) is 58.3 Å². The van der Waals surface area contributed by atoms with Gasteiger partial charge in [0.05, 0.1) is 6.10 Å². The number of hydrogen-bond acceptors (Lipinski definition) is 3. The third-order valence-electron chi connectivity index (χ3n) is 1.93. The Morgan fingerprint density at radius 2 is 1.78 bits per heavy atom. The highest BCUT2D eigenvalue weighted by Crippen LogP contribution is 2.17. The van der Waals surface area contributed by atoms with Crippen molar-refractivity contribution in [3.8, 4) is 0 Å². The maximum Gasteiger partial charge on any atom is 0.0541 e. The van der Waals surface area contributed by atoms with Gasteiger partial charge < -0.3 is 5.11 Å². The number of aliphatic hydroxyl groups is 1. The predicted molar refractivity (Wildman–Crippen MR) is 35.6 cm³/mol. The molecule has 3 heteroatoms. The fourth-order valence-corrected chi connectivity index (χ4v) is 1.24. The van der Waals surface area contributed by atoms with Crippen molar-refractivity contribution in [1.29, 1.82) is 0 Å². The van der Waals surface area contributed by atoms with Crippen molar-refractivity contribution in [1.82, 2.24) is 5.43 Å². The third-order valence-corrected chi connectivity index (χ3v) is 1.93. The van der Waals surface area contributed by atoms with E-state index in [0.717, 1.165) is 25.7 Å². The largest absolute Gasteiger partial charge is 0.393 e. The third kappa shape index (κ3) is 1.93. The molecule has 54 valence electrons. The van der Waals surface area contributed by atoms with Gasteiger partial charge in [0.2, 0.25) is 0 Å². The Hall–Kier alpha value is -0.120. The van der Waals surface area contributed by atoms with Crippen LogP contribution in [0.4, 0.5) is 0 Å². The van der Waals surface area contributed by atoms with Crippen LogP contribution in [0.1, 0.15) is 25.7 Å². The van der Waals surface area contributed by atoms with Crippen molar-refractivity contribution in [2.75, 3.05) is 0 Å².